The van der Waals surface area contributed by atoms with Crippen molar-refractivity contribution in [2.45, 2.75) is 51.9 Å². The van der Waals surface area contributed by atoms with Crippen molar-refractivity contribution >= 4 is 41.1 Å². The largest absolute Gasteiger partial charge is 0.465 e. The molecule has 2 atom stereocenters. The summed E-state index contributed by atoms with van der Waals surface area (Å²) in [5, 5.41) is 9.63. The van der Waals surface area contributed by atoms with Crippen molar-refractivity contribution in [2.75, 3.05) is 39.4 Å². The fourth-order valence-electron chi connectivity index (χ4n) is 5.17. The Kier molecular flexibility index (Phi) is 12.7. The van der Waals surface area contributed by atoms with Crippen molar-refractivity contribution in [3.05, 3.63) is 106 Å². The third-order valence-electron chi connectivity index (χ3n) is 7.84. The number of amides is 2. The molecule has 0 aliphatic carbocycles. The summed E-state index contributed by atoms with van der Waals surface area (Å²) in [5.41, 5.74) is 2.78. The van der Waals surface area contributed by atoms with Gasteiger partial charge in [-0.3, -0.25) is 14.4 Å². The molecule has 0 saturated carbocycles. The number of morpholine rings is 2. The van der Waals surface area contributed by atoms with Crippen LogP contribution in [0.4, 0.5) is 9.59 Å². The minimum atomic E-state index is -0.976. The average Bonchev–Trinajstić information content (AvgIpc) is 3.08. The molecule has 1 N–H and O–H groups in total. The number of halogens is 1. The van der Waals surface area contributed by atoms with Gasteiger partial charge in [-0.25, -0.2) is 9.59 Å². The highest BCUT2D eigenvalue weighted by Crippen LogP contribution is 2.25. The summed E-state index contributed by atoms with van der Waals surface area (Å²) in [6.45, 7) is 9.45. The summed E-state index contributed by atoms with van der Waals surface area (Å²) in [6.07, 6.45) is -2.08. The van der Waals surface area contributed by atoms with Gasteiger partial charge in [0.25, 0.3) is 0 Å². The minimum Gasteiger partial charge on any atom is -0.465 e. The molecule has 3 aromatic rings. The van der Waals surface area contributed by atoms with E-state index in [0.717, 1.165) is 11.1 Å². The second kappa shape index (κ2) is 16.7. The molecule has 0 bridgehead atoms. The number of hydrogen-bond donors (Lipinski definition) is 1. The molecule has 2 fully saturated rings. The van der Waals surface area contributed by atoms with Crippen molar-refractivity contribution in [3.63, 3.8) is 0 Å². The monoisotopic (exact) mass is 692 g/mol. The first-order chi connectivity index (χ1) is 23.2. The van der Waals surface area contributed by atoms with Crippen molar-refractivity contribution in [2.24, 2.45) is 0 Å². The Morgan fingerprint density at radius 3 is 1.61 bits per heavy atom. The van der Waals surface area contributed by atoms with Gasteiger partial charge in [-0.05, 0) is 63.1 Å². The van der Waals surface area contributed by atoms with Crippen molar-refractivity contribution in [1.29, 1.82) is 0 Å². The maximum Gasteiger partial charge on any atom is 0.410 e. The third-order valence-corrected chi connectivity index (χ3v) is 8.09. The molecule has 2 amide bonds. The molecule has 0 aromatic heterocycles. The van der Waals surface area contributed by atoms with Crippen LogP contribution in [-0.4, -0.2) is 89.4 Å². The smallest absolute Gasteiger partial charge is 0.410 e. The normalized spacial score (nSPS) is 17.7. The van der Waals surface area contributed by atoms with Gasteiger partial charge in [0.2, 0.25) is 0 Å². The zero-order valence-electron chi connectivity index (χ0n) is 28.0. The van der Waals surface area contributed by atoms with E-state index in [4.69, 9.17) is 30.9 Å². The van der Waals surface area contributed by atoms with Gasteiger partial charge >= 0.3 is 12.2 Å². The second-order valence-corrected chi connectivity index (χ2v) is 13.1. The lowest BCUT2D eigenvalue weighted by Gasteiger charge is -2.34. The number of carbonyl (C=O) groups excluding carboxylic acids is 4. The molecular formula is C37H41ClN2O9. The van der Waals surface area contributed by atoms with Gasteiger partial charge in [0.1, 0.15) is 17.8 Å². The van der Waals surface area contributed by atoms with Crippen LogP contribution in [0.25, 0.3) is 0 Å². The molecule has 11 nitrogen and oxygen atoms in total. The minimum absolute atomic E-state index is 0.0338. The quantitative estimate of drug-likeness (QED) is 0.204. The molecule has 49 heavy (non-hydrogen) atoms. The highest BCUT2D eigenvalue weighted by atomic mass is 35.5. The molecule has 2 heterocycles. The van der Waals surface area contributed by atoms with Crippen LogP contribution < -0.4 is 0 Å². The first-order valence-electron chi connectivity index (χ1n) is 15.9. The molecule has 2 unspecified atom stereocenters. The van der Waals surface area contributed by atoms with Crippen LogP contribution in [0.3, 0.4) is 0 Å². The van der Waals surface area contributed by atoms with Crippen LogP contribution >= 0.6 is 11.6 Å². The van der Waals surface area contributed by atoms with E-state index in [1.54, 1.807) is 65.6 Å². The van der Waals surface area contributed by atoms with Gasteiger partial charge < -0.3 is 29.1 Å². The van der Waals surface area contributed by atoms with E-state index in [-0.39, 0.29) is 48.6 Å². The second-order valence-electron chi connectivity index (χ2n) is 12.7. The number of ether oxygens (including phenoxy) is 3. The fraction of sp³-hybridized carbons (Fsp3) is 0.378. The van der Waals surface area contributed by atoms with Gasteiger partial charge in [-0.1, -0.05) is 60.1 Å². The molecule has 0 radical (unpaired) electrons. The maximum atomic E-state index is 12.4. The van der Waals surface area contributed by atoms with Crippen LogP contribution in [0.15, 0.2) is 72.8 Å². The van der Waals surface area contributed by atoms with Crippen LogP contribution in [0, 0.1) is 0 Å². The van der Waals surface area contributed by atoms with Crippen LogP contribution in [-0.2, 0) is 14.2 Å². The lowest BCUT2D eigenvalue weighted by molar-refractivity contribution is -0.0432. The van der Waals surface area contributed by atoms with Crippen molar-refractivity contribution < 1.29 is 43.3 Å². The van der Waals surface area contributed by atoms with Crippen LogP contribution in [0.1, 0.15) is 88.5 Å². The summed E-state index contributed by atoms with van der Waals surface area (Å²) in [6, 6.07) is 20.5. The van der Waals surface area contributed by atoms with E-state index in [0.29, 0.717) is 54.6 Å². The van der Waals surface area contributed by atoms with E-state index >= 15 is 0 Å². The van der Waals surface area contributed by atoms with Gasteiger partial charge in [-0.2, -0.15) is 0 Å². The molecule has 260 valence electrons. The summed E-state index contributed by atoms with van der Waals surface area (Å²) < 4.78 is 16.8. The van der Waals surface area contributed by atoms with Gasteiger partial charge in [0.05, 0.1) is 32.7 Å². The summed E-state index contributed by atoms with van der Waals surface area (Å²) in [4.78, 5) is 62.1. The zero-order chi connectivity index (χ0) is 35.7. The number of Topliss-reactive ketones (excluding diaryl/α,β-unsaturated/α-hetero) is 3. The molecule has 3 aromatic carbocycles. The number of carbonyl (C=O) groups is 5. The van der Waals surface area contributed by atoms with Gasteiger partial charge in [-0.15, -0.1) is 0 Å². The lowest BCUT2D eigenvalue weighted by atomic mass is 9.99. The lowest BCUT2D eigenvalue weighted by Crippen LogP contribution is -2.44. The van der Waals surface area contributed by atoms with E-state index in [2.05, 4.69) is 0 Å². The molecule has 2 aliphatic rings. The number of benzene rings is 3. The Hall–Kier alpha value is -4.58. The molecular weight excluding hydrogens is 652 g/mol. The first-order valence-corrected chi connectivity index (χ1v) is 16.3. The molecule has 2 saturated heterocycles. The standard InChI is InChI=1S/C20H18ClNO5.C17H23NO4/c21-16-7-5-14(6-8-16)18(24)11-17(23)13-1-3-15(4-2-13)19-12-22(20(25)26)9-10-27-19;1-12(19)13-5-7-14(8-6-13)15-11-18(9-10-21-15)16(20)22-17(2,3)4/h1-8,19H,9-12H2,(H,25,26);5-8,15H,9-11H2,1-4H3. The van der Waals surface area contributed by atoms with Crippen LogP contribution in [0.5, 0.6) is 0 Å². The average molecular weight is 693 g/mol. The molecule has 12 heteroatoms. The van der Waals surface area contributed by atoms with E-state index in [1.165, 1.54) is 11.8 Å². The van der Waals surface area contributed by atoms with E-state index in [9.17, 15) is 24.0 Å². The maximum absolute atomic E-state index is 12.4. The topological polar surface area (TPSA) is 140 Å². The van der Waals surface area contributed by atoms with Gasteiger partial charge in [0, 0.05) is 34.8 Å². The highest BCUT2D eigenvalue weighted by Gasteiger charge is 2.29. The summed E-state index contributed by atoms with van der Waals surface area (Å²) >= 11 is 5.80. The molecule has 0 spiro atoms. The van der Waals surface area contributed by atoms with E-state index in [1.807, 2.05) is 32.9 Å². The van der Waals surface area contributed by atoms with Crippen molar-refractivity contribution in [1.82, 2.24) is 9.80 Å². The Bertz CT molecular complexity index is 1630. The zero-order valence-corrected chi connectivity index (χ0v) is 28.8. The number of rotatable bonds is 7. The number of hydrogen-bond acceptors (Lipinski definition) is 8. The van der Waals surface area contributed by atoms with E-state index < -0.39 is 11.7 Å². The van der Waals surface area contributed by atoms with Gasteiger partial charge in [0.15, 0.2) is 17.3 Å². The Morgan fingerprint density at radius 1 is 0.735 bits per heavy atom. The Morgan fingerprint density at radius 2 is 1.16 bits per heavy atom. The Labute approximate surface area is 290 Å². The number of nitrogens with zero attached hydrogens (tertiary/aromatic N) is 2. The SMILES string of the molecule is CC(=O)c1ccc(C2CN(C(=O)OC(C)(C)C)CCO2)cc1.O=C(CC(=O)c1ccc(C2CN(C(=O)O)CCO2)cc1)c1ccc(Cl)cc1. The predicted octanol–water partition coefficient (Wildman–Crippen LogP) is 7.04. The summed E-state index contributed by atoms with van der Waals surface area (Å²) in [5.74, 6) is -0.516. The first kappa shape index (κ1) is 37.2. The molecule has 2 aliphatic heterocycles. The van der Waals surface area contributed by atoms with Crippen LogP contribution in [0.2, 0.25) is 5.02 Å². The third kappa shape index (κ3) is 11.0. The number of ketones is 3. The Balaban J connectivity index is 0.000000226. The fourth-order valence-corrected chi connectivity index (χ4v) is 5.30. The molecule has 5 rings (SSSR count). The highest BCUT2D eigenvalue weighted by molar-refractivity contribution is 6.30. The number of carboxylic acid groups (broad SMARTS) is 1. The summed E-state index contributed by atoms with van der Waals surface area (Å²) in [7, 11) is 0. The van der Waals surface area contributed by atoms with Crippen molar-refractivity contribution in [3.8, 4) is 0 Å². The predicted molar refractivity (Wildman–Crippen MR) is 182 cm³/mol.